The van der Waals surface area contributed by atoms with E-state index in [4.69, 9.17) is 13.9 Å². The maximum absolute atomic E-state index is 12.8. The fraction of sp³-hybridized carbons (Fsp3) is 0.688. The van der Waals surface area contributed by atoms with Crippen LogP contribution in [-0.2, 0) is 19.5 Å². The third-order valence-corrected chi connectivity index (χ3v) is 7.67. The summed E-state index contributed by atoms with van der Waals surface area (Å²) in [6.07, 6.45) is 0.172. The van der Waals surface area contributed by atoms with E-state index >= 15 is 0 Å². The number of carbonyl (C=O) groups excluding carboxylic acids is 1. The number of furan rings is 1. The lowest BCUT2D eigenvalue weighted by atomic mass is 9.99. The molecule has 3 fully saturated rings. The zero-order valence-corrected chi connectivity index (χ0v) is 15.1. The van der Waals surface area contributed by atoms with E-state index in [1.165, 1.54) is 4.31 Å². The number of carbonyl (C=O) groups is 1. The smallest absolute Gasteiger partial charge is 0.289 e. The molecule has 3 saturated heterocycles. The normalized spacial score (nSPS) is 33.6. The van der Waals surface area contributed by atoms with Crippen molar-refractivity contribution in [2.24, 2.45) is 0 Å². The molecular weight excluding hydrogens is 348 g/mol. The van der Waals surface area contributed by atoms with Gasteiger partial charge in [0.2, 0.25) is 10.0 Å². The Labute approximate surface area is 146 Å². The van der Waals surface area contributed by atoms with Crippen LogP contribution < -0.4 is 0 Å². The second kappa shape index (κ2) is 5.80. The molecule has 138 valence electrons. The molecule has 4 rings (SSSR count). The summed E-state index contributed by atoms with van der Waals surface area (Å²) in [5.74, 6) is 0.739. The minimum atomic E-state index is -3.44. The van der Waals surface area contributed by atoms with Crippen molar-refractivity contribution < 1.29 is 27.1 Å². The zero-order valence-electron chi connectivity index (χ0n) is 14.3. The van der Waals surface area contributed by atoms with Gasteiger partial charge in [-0.05, 0) is 25.5 Å². The van der Waals surface area contributed by atoms with Crippen LogP contribution in [-0.4, -0.2) is 80.4 Å². The molecule has 1 aromatic rings. The van der Waals surface area contributed by atoms with Crippen LogP contribution in [0.1, 0.15) is 22.7 Å². The number of morpholine rings is 1. The summed E-state index contributed by atoms with van der Waals surface area (Å²) < 4.78 is 43.6. The monoisotopic (exact) mass is 370 g/mol. The van der Waals surface area contributed by atoms with Gasteiger partial charge in [-0.1, -0.05) is 0 Å². The van der Waals surface area contributed by atoms with Crippen LogP contribution in [0.5, 0.6) is 0 Å². The van der Waals surface area contributed by atoms with Crippen molar-refractivity contribution in [2.45, 2.75) is 30.3 Å². The number of methoxy groups -OCH3 is 1. The molecule has 8 nitrogen and oxygen atoms in total. The average molecular weight is 370 g/mol. The van der Waals surface area contributed by atoms with Gasteiger partial charge in [0, 0.05) is 26.7 Å². The van der Waals surface area contributed by atoms with E-state index in [2.05, 4.69) is 0 Å². The van der Waals surface area contributed by atoms with Crippen LogP contribution in [0.15, 0.2) is 16.5 Å². The highest BCUT2D eigenvalue weighted by molar-refractivity contribution is 7.90. The van der Waals surface area contributed by atoms with Crippen molar-refractivity contribution in [3.63, 3.8) is 0 Å². The van der Waals surface area contributed by atoms with Gasteiger partial charge in [0.05, 0.1) is 19.3 Å². The Morgan fingerprint density at radius 2 is 2.20 bits per heavy atom. The molecule has 25 heavy (non-hydrogen) atoms. The van der Waals surface area contributed by atoms with Crippen LogP contribution >= 0.6 is 0 Å². The van der Waals surface area contributed by atoms with Crippen LogP contribution in [0.3, 0.4) is 0 Å². The van der Waals surface area contributed by atoms with Gasteiger partial charge >= 0.3 is 0 Å². The molecule has 0 radical (unpaired) electrons. The summed E-state index contributed by atoms with van der Waals surface area (Å²) in [6, 6.07) is 3.40. The van der Waals surface area contributed by atoms with Crippen molar-refractivity contribution in [3.05, 3.63) is 23.7 Å². The number of hydrogen-bond acceptors (Lipinski definition) is 6. The second-order valence-corrected chi connectivity index (χ2v) is 9.11. The molecule has 0 aliphatic carbocycles. The summed E-state index contributed by atoms with van der Waals surface area (Å²) in [5, 5.41) is -0.599. The van der Waals surface area contributed by atoms with Crippen LogP contribution in [0.25, 0.3) is 0 Å². The molecule has 0 unspecified atom stereocenters. The van der Waals surface area contributed by atoms with Crippen LogP contribution in [0, 0.1) is 6.92 Å². The highest BCUT2D eigenvalue weighted by Crippen LogP contribution is 2.46. The molecule has 0 N–H and O–H groups in total. The van der Waals surface area contributed by atoms with E-state index in [-0.39, 0.29) is 30.9 Å². The number of nitrogens with zero attached hydrogens (tertiary/aromatic N) is 2. The molecule has 1 aromatic heterocycles. The average Bonchev–Trinajstić information content (AvgIpc) is 3.16. The van der Waals surface area contributed by atoms with Gasteiger partial charge in [-0.25, -0.2) is 8.42 Å². The summed E-state index contributed by atoms with van der Waals surface area (Å²) >= 11 is 0. The van der Waals surface area contributed by atoms with E-state index < -0.39 is 20.9 Å². The Balaban J connectivity index is 1.58. The van der Waals surface area contributed by atoms with Crippen molar-refractivity contribution >= 4 is 15.9 Å². The Kier molecular flexibility index (Phi) is 3.95. The molecule has 4 heterocycles. The number of hydrogen-bond donors (Lipinski definition) is 0. The van der Waals surface area contributed by atoms with Crippen molar-refractivity contribution in [1.29, 1.82) is 0 Å². The molecule has 3 aliphatic rings. The molecule has 2 bridgehead atoms. The van der Waals surface area contributed by atoms with Gasteiger partial charge in [0.15, 0.2) is 5.76 Å². The molecule has 0 aromatic carbocycles. The van der Waals surface area contributed by atoms with Crippen LogP contribution in [0.4, 0.5) is 0 Å². The first-order valence-electron chi connectivity index (χ1n) is 8.37. The lowest BCUT2D eigenvalue weighted by molar-refractivity contribution is -0.0985. The number of fused-ring (bicyclic) bond motifs is 1. The zero-order chi connectivity index (χ0) is 17.8. The van der Waals surface area contributed by atoms with Gasteiger partial charge < -0.3 is 18.8 Å². The van der Waals surface area contributed by atoms with Gasteiger partial charge in [-0.15, -0.1) is 0 Å². The fourth-order valence-corrected chi connectivity index (χ4v) is 6.50. The van der Waals surface area contributed by atoms with Gasteiger partial charge in [-0.2, -0.15) is 4.31 Å². The summed E-state index contributed by atoms with van der Waals surface area (Å²) in [6.45, 7) is 3.34. The van der Waals surface area contributed by atoms with E-state index in [9.17, 15) is 13.2 Å². The molecular formula is C16H22N2O6S. The lowest BCUT2D eigenvalue weighted by Gasteiger charge is -2.39. The highest BCUT2D eigenvalue weighted by Gasteiger charge is 2.65. The summed E-state index contributed by atoms with van der Waals surface area (Å²) in [5.41, 5.74) is -0.854. The molecule has 9 heteroatoms. The number of rotatable bonds is 4. The van der Waals surface area contributed by atoms with E-state index in [1.807, 2.05) is 0 Å². The number of likely N-dealkylation sites (tertiary alicyclic amines) is 1. The Morgan fingerprint density at radius 1 is 1.40 bits per heavy atom. The first-order chi connectivity index (χ1) is 11.9. The van der Waals surface area contributed by atoms with Gasteiger partial charge in [-0.3, -0.25) is 4.79 Å². The number of aryl methyl sites for hydroxylation is 1. The molecule has 1 spiro atoms. The maximum Gasteiger partial charge on any atom is 0.289 e. The maximum atomic E-state index is 12.8. The molecule has 0 saturated carbocycles. The Hall–Kier alpha value is -1.42. The third-order valence-electron chi connectivity index (χ3n) is 5.29. The van der Waals surface area contributed by atoms with E-state index in [0.29, 0.717) is 31.9 Å². The number of ether oxygens (including phenoxy) is 2. The number of amides is 1. The molecule has 3 atom stereocenters. The van der Waals surface area contributed by atoms with Crippen molar-refractivity contribution in [2.75, 3.05) is 39.9 Å². The minimum Gasteiger partial charge on any atom is -0.456 e. The standard InChI is InChI=1S/C16H22N2O6S/c1-11-3-4-13(23-11)15(19)17-8-12-7-14-16(9-17,24-12)10-18(5-6-22-2)25(14,20)21/h3-4,12,14H,5-10H2,1-2H3/t12-,14+,16+/m1/s1. The summed E-state index contributed by atoms with van der Waals surface area (Å²) in [4.78, 5) is 14.4. The summed E-state index contributed by atoms with van der Waals surface area (Å²) in [7, 11) is -1.90. The Morgan fingerprint density at radius 3 is 2.88 bits per heavy atom. The quantitative estimate of drug-likeness (QED) is 0.754. The van der Waals surface area contributed by atoms with Gasteiger partial charge in [0.1, 0.15) is 16.6 Å². The first-order valence-corrected chi connectivity index (χ1v) is 9.87. The minimum absolute atomic E-state index is 0.214. The van der Waals surface area contributed by atoms with E-state index in [1.54, 1.807) is 31.1 Å². The lowest BCUT2D eigenvalue weighted by Crippen LogP contribution is -2.56. The van der Waals surface area contributed by atoms with Crippen molar-refractivity contribution in [1.82, 2.24) is 9.21 Å². The predicted octanol–water partition coefficient (Wildman–Crippen LogP) is 0.232. The second-order valence-electron chi connectivity index (χ2n) is 7.00. The van der Waals surface area contributed by atoms with Crippen LogP contribution in [0.2, 0.25) is 0 Å². The first kappa shape index (κ1) is 17.0. The third kappa shape index (κ3) is 2.61. The van der Waals surface area contributed by atoms with Gasteiger partial charge in [0.25, 0.3) is 5.91 Å². The predicted molar refractivity (Wildman–Crippen MR) is 87.7 cm³/mol. The number of sulfonamides is 1. The Bertz CT molecular complexity index is 790. The van der Waals surface area contributed by atoms with Crippen molar-refractivity contribution in [3.8, 4) is 0 Å². The molecule has 3 aliphatic heterocycles. The highest BCUT2D eigenvalue weighted by atomic mass is 32.2. The SMILES string of the molecule is COCCN1C[C@@]23CN(C(=O)c4ccc(C)o4)C[C@@H](C[C@@H]2S1(=O)=O)O3. The fourth-order valence-electron chi connectivity index (χ4n) is 4.20. The largest absolute Gasteiger partial charge is 0.456 e. The topological polar surface area (TPSA) is 89.3 Å². The van der Waals surface area contributed by atoms with E-state index in [0.717, 1.165) is 0 Å². The molecule has 1 amide bonds.